The lowest BCUT2D eigenvalue weighted by molar-refractivity contribution is -0.917. The number of nitrogens with zero attached hydrogens (tertiary/aromatic N) is 1. The van der Waals surface area contributed by atoms with E-state index in [1.165, 1.54) is 88.3 Å². The summed E-state index contributed by atoms with van der Waals surface area (Å²) in [5.41, 5.74) is 1.83. The van der Waals surface area contributed by atoms with Crippen molar-refractivity contribution in [2.24, 2.45) is 11.8 Å². The molecule has 0 amide bonds. The van der Waals surface area contributed by atoms with Gasteiger partial charge >= 0.3 is 0 Å². The van der Waals surface area contributed by atoms with Gasteiger partial charge in [-0.1, -0.05) is 24.5 Å². The fraction of sp³-hybridized carbons (Fsp3) is 0.900. The van der Waals surface area contributed by atoms with Gasteiger partial charge in [0.1, 0.15) is 12.6 Å². The quantitative estimate of drug-likeness (QED) is 0.546. The van der Waals surface area contributed by atoms with Crippen LogP contribution in [0.15, 0.2) is 11.6 Å². The van der Waals surface area contributed by atoms with E-state index in [-0.39, 0.29) is 0 Å². The lowest BCUT2D eigenvalue weighted by Crippen LogP contribution is -2.57. The Labute approximate surface area is 136 Å². The van der Waals surface area contributed by atoms with Crippen molar-refractivity contribution in [3.05, 3.63) is 11.6 Å². The number of likely N-dealkylation sites (N-methyl/N-ethyl adjacent to an activating group) is 1. The zero-order valence-electron chi connectivity index (χ0n) is 14.4. The lowest BCUT2D eigenvalue weighted by Gasteiger charge is -2.50. The summed E-state index contributed by atoms with van der Waals surface area (Å²) in [4.78, 5) is 0. The maximum atomic E-state index is 6.77. The van der Waals surface area contributed by atoms with Crippen molar-refractivity contribution in [1.82, 2.24) is 0 Å². The van der Waals surface area contributed by atoms with Crippen LogP contribution in [0.1, 0.15) is 64.2 Å². The van der Waals surface area contributed by atoms with Gasteiger partial charge in [0.05, 0.1) is 26.2 Å². The Kier molecular flexibility index (Phi) is 4.34. The van der Waals surface area contributed by atoms with Crippen LogP contribution in [-0.2, 0) is 4.74 Å². The minimum Gasteiger partial charge on any atom is -0.368 e. The van der Waals surface area contributed by atoms with E-state index in [0.717, 1.165) is 11.8 Å². The maximum absolute atomic E-state index is 6.77. The molecular weight excluding hydrogens is 270 g/mol. The van der Waals surface area contributed by atoms with Crippen molar-refractivity contribution in [3.63, 3.8) is 0 Å². The molecule has 1 saturated carbocycles. The van der Waals surface area contributed by atoms with Gasteiger partial charge in [-0.25, -0.2) is 0 Å². The van der Waals surface area contributed by atoms with E-state index in [9.17, 15) is 0 Å². The van der Waals surface area contributed by atoms with E-state index >= 15 is 0 Å². The molecule has 2 nitrogen and oxygen atoms in total. The molecule has 4 aliphatic rings. The Hall–Kier alpha value is -0.340. The summed E-state index contributed by atoms with van der Waals surface area (Å²) < 4.78 is 8.04. The van der Waals surface area contributed by atoms with Crippen LogP contribution >= 0.6 is 0 Å². The Balaban J connectivity index is 1.53. The molecule has 2 heterocycles. The van der Waals surface area contributed by atoms with E-state index in [4.69, 9.17) is 4.74 Å². The van der Waals surface area contributed by atoms with Crippen LogP contribution in [0.25, 0.3) is 0 Å². The molecule has 0 aromatic rings. The summed E-state index contributed by atoms with van der Waals surface area (Å²) in [5, 5.41) is 0. The molecule has 0 unspecified atom stereocenters. The fourth-order valence-corrected chi connectivity index (χ4v) is 5.77. The Morgan fingerprint density at radius 2 is 1.73 bits per heavy atom. The Morgan fingerprint density at radius 1 is 0.955 bits per heavy atom. The molecule has 0 aromatic heterocycles. The highest BCUT2D eigenvalue weighted by atomic mass is 16.5. The molecular formula is C20H34NO+. The number of quaternary nitrogens is 1. The molecule has 124 valence electrons. The van der Waals surface area contributed by atoms with Gasteiger partial charge in [-0.15, -0.1) is 0 Å². The van der Waals surface area contributed by atoms with Crippen molar-refractivity contribution in [3.8, 4) is 0 Å². The minimum atomic E-state index is 0.508. The van der Waals surface area contributed by atoms with E-state index in [2.05, 4.69) is 13.1 Å². The number of hydrogen-bond donors (Lipinski definition) is 0. The average molecular weight is 304 g/mol. The molecule has 4 rings (SSSR count). The second-order valence-corrected chi connectivity index (χ2v) is 8.66. The van der Waals surface area contributed by atoms with Crippen LogP contribution in [-0.4, -0.2) is 43.4 Å². The van der Waals surface area contributed by atoms with Crippen LogP contribution in [0.2, 0.25) is 0 Å². The monoisotopic (exact) mass is 304 g/mol. The second-order valence-electron chi connectivity index (χ2n) is 8.66. The molecule has 22 heavy (non-hydrogen) atoms. The lowest BCUT2D eigenvalue weighted by atomic mass is 9.69. The van der Waals surface area contributed by atoms with Crippen molar-refractivity contribution < 1.29 is 9.22 Å². The first-order chi connectivity index (χ1) is 10.8. The second kappa shape index (κ2) is 6.28. The zero-order valence-corrected chi connectivity index (χ0v) is 14.4. The zero-order chi connectivity index (χ0) is 15.0. The molecule has 0 radical (unpaired) electrons. The SMILES string of the molecule is C[N+]1(C[C@H]2O[C@H]3CCCC[C@@H]3C3=CCCC[C@H]32)CCCCC1. The highest BCUT2D eigenvalue weighted by molar-refractivity contribution is 5.20. The number of fused-ring (bicyclic) bond motifs is 3. The van der Waals surface area contributed by atoms with Gasteiger partial charge in [0.25, 0.3) is 0 Å². The maximum Gasteiger partial charge on any atom is 0.113 e. The minimum absolute atomic E-state index is 0.508. The number of hydrogen-bond acceptors (Lipinski definition) is 1. The third-order valence-electron chi connectivity index (χ3n) is 6.97. The number of allylic oxidation sites excluding steroid dienone is 1. The van der Waals surface area contributed by atoms with E-state index < -0.39 is 0 Å². The molecule has 3 fully saturated rings. The third-order valence-corrected chi connectivity index (χ3v) is 6.97. The van der Waals surface area contributed by atoms with Crippen molar-refractivity contribution in [2.75, 3.05) is 26.7 Å². The molecule has 2 saturated heterocycles. The molecule has 0 spiro atoms. The van der Waals surface area contributed by atoms with Gasteiger partial charge in [0, 0.05) is 11.8 Å². The van der Waals surface area contributed by atoms with Gasteiger partial charge in [0.15, 0.2) is 0 Å². The van der Waals surface area contributed by atoms with Crippen molar-refractivity contribution in [2.45, 2.75) is 76.4 Å². The predicted molar refractivity (Wildman–Crippen MR) is 90.7 cm³/mol. The van der Waals surface area contributed by atoms with Crippen LogP contribution in [0.5, 0.6) is 0 Å². The van der Waals surface area contributed by atoms with Crippen LogP contribution in [0.3, 0.4) is 0 Å². The third kappa shape index (κ3) is 2.89. The first kappa shape index (κ1) is 15.2. The first-order valence-electron chi connectivity index (χ1n) is 9.94. The molecule has 0 aromatic carbocycles. The summed E-state index contributed by atoms with van der Waals surface area (Å²) in [5.74, 6) is 1.53. The van der Waals surface area contributed by atoms with Gasteiger partial charge < -0.3 is 9.22 Å². The van der Waals surface area contributed by atoms with Gasteiger partial charge in [-0.2, -0.15) is 0 Å². The van der Waals surface area contributed by atoms with Gasteiger partial charge in [0.2, 0.25) is 0 Å². The molecule has 2 heteroatoms. The van der Waals surface area contributed by atoms with Gasteiger partial charge in [-0.05, 0) is 51.4 Å². The number of piperidine rings is 1. The van der Waals surface area contributed by atoms with Crippen LogP contribution in [0, 0.1) is 11.8 Å². The number of rotatable bonds is 2. The molecule has 2 aliphatic heterocycles. The predicted octanol–water partition coefficient (Wildman–Crippen LogP) is 4.30. The molecule has 0 bridgehead atoms. The summed E-state index contributed by atoms with van der Waals surface area (Å²) in [6, 6.07) is 0. The van der Waals surface area contributed by atoms with Crippen molar-refractivity contribution >= 4 is 0 Å². The molecule has 4 atom stereocenters. The summed E-state index contributed by atoms with van der Waals surface area (Å²) in [6.07, 6.45) is 17.6. The average Bonchev–Trinajstić information content (AvgIpc) is 2.55. The van der Waals surface area contributed by atoms with E-state index in [1.807, 2.05) is 5.57 Å². The fourth-order valence-electron chi connectivity index (χ4n) is 5.77. The standard InChI is InChI=1S/C20H34NO/c1-21(13-7-2-8-14-21)15-20-18-11-4-3-9-16(18)17-10-5-6-12-19(17)22-20/h9,17-20H,2-8,10-15H2,1H3/q+1/t17-,18-,19+,20-/m1/s1. The van der Waals surface area contributed by atoms with Crippen LogP contribution < -0.4 is 0 Å². The number of ether oxygens (including phenoxy) is 1. The van der Waals surface area contributed by atoms with Gasteiger partial charge in [-0.3, -0.25) is 0 Å². The Bertz CT molecular complexity index is 423. The summed E-state index contributed by atoms with van der Waals surface area (Å²) >= 11 is 0. The van der Waals surface area contributed by atoms with Crippen LogP contribution in [0.4, 0.5) is 0 Å². The smallest absolute Gasteiger partial charge is 0.113 e. The normalized spacial score (nSPS) is 41.2. The largest absolute Gasteiger partial charge is 0.368 e. The van der Waals surface area contributed by atoms with E-state index in [0.29, 0.717) is 12.2 Å². The summed E-state index contributed by atoms with van der Waals surface area (Å²) in [6.45, 7) is 4.02. The topological polar surface area (TPSA) is 9.23 Å². The molecule has 2 aliphatic carbocycles. The number of likely N-dealkylation sites (tertiary alicyclic amines) is 1. The highest BCUT2D eigenvalue weighted by Gasteiger charge is 2.45. The Morgan fingerprint density at radius 3 is 2.59 bits per heavy atom. The first-order valence-corrected chi connectivity index (χ1v) is 9.94. The van der Waals surface area contributed by atoms with Crippen molar-refractivity contribution in [1.29, 1.82) is 0 Å². The van der Waals surface area contributed by atoms with E-state index in [1.54, 1.807) is 0 Å². The highest BCUT2D eigenvalue weighted by Crippen LogP contribution is 2.46. The molecule has 0 N–H and O–H groups in total. The summed E-state index contributed by atoms with van der Waals surface area (Å²) in [7, 11) is 2.49.